The number of benzene rings is 2. The second-order valence-corrected chi connectivity index (χ2v) is 4.23. The highest BCUT2D eigenvalue weighted by atomic mass is 16.5. The van der Waals surface area contributed by atoms with E-state index >= 15 is 0 Å². The summed E-state index contributed by atoms with van der Waals surface area (Å²) in [5, 5.41) is 5.89. The summed E-state index contributed by atoms with van der Waals surface area (Å²) in [6, 6.07) is 17.0. The lowest BCUT2D eigenvalue weighted by molar-refractivity contribution is -0.114. The highest BCUT2D eigenvalue weighted by Gasteiger charge is 2.03. The molecule has 2 aromatic carbocycles. The lowest BCUT2D eigenvalue weighted by Gasteiger charge is -2.09. The smallest absolute Gasteiger partial charge is 0.243 e. The van der Waals surface area contributed by atoms with E-state index in [1.807, 2.05) is 61.5 Å². The number of hydrogen-bond acceptors (Lipinski definition) is 3. The second kappa shape index (κ2) is 7.19. The van der Waals surface area contributed by atoms with E-state index in [1.54, 1.807) is 0 Å². The van der Waals surface area contributed by atoms with Gasteiger partial charge in [0, 0.05) is 17.4 Å². The van der Waals surface area contributed by atoms with Crippen molar-refractivity contribution in [1.82, 2.24) is 0 Å². The van der Waals surface area contributed by atoms with Gasteiger partial charge in [-0.1, -0.05) is 24.3 Å². The van der Waals surface area contributed by atoms with Crippen molar-refractivity contribution in [3.05, 3.63) is 54.6 Å². The Morgan fingerprint density at radius 2 is 1.80 bits per heavy atom. The van der Waals surface area contributed by atoms with Crippen LogP contribution in [0.3, 0.4) is 0 Å². The molecular formula is C16H18N2O2. The first-order valence-corrected chi connectivity index (χ1v) is 6.59. The minimum atomic E-state index is -0.0949. The highest BCUT2D eigenvalue weighted by Crippen LogP contribution is 2.17. The monoisotopic (exact) mass is 270 g/mol. The fourth-order valence-electron chi connectivity index (χ4n) is 1.77. The number of para-hydroxylation sites is 1. The van der Waals surface area contributed by atoms with Gasteiger partial charge in [-0.2, -0.15) is 0 Å². The zero-order chi connectivity index (χ0) is 14.2. The topological polar surface area (TPSA) is 50.4 Å². The SMILES string of the molecule is CCOc1cccc(NC(=O)CNc2ccccc2)c1. The Morgan fingerprint density at radius 1 is 1.05 bits per heavy atom. The molecule has 4 heteroatoms. The van der Waals surface area contributed by atoms with Crippen molar-refractivity contribution >= 4 is 17.3 Å². The van der Waals surface area contributed by atoms with Gasteiger partial charge in [-0.15, -0.1) is 0 Å². The molecule has 20 heavy (non-hydrogen) atoms. The van der Waals surface area contributed by atoms with Crippen molar-refractivity contribution in [3.8, 4) is 5.75 Å². The van der Waals surface area contributed by atoms with Crippen molar-refractivity contribution in [2.75, 3.05) is 23.8 Å². The third kappa shape index (κ3) is 4.31. The van der Waals surface area contributed by atoms with Gasteiger partial charge in [-0.05, 0) is 31.2 Å². The first kappa shape index (κ1) is 13.9. The average Bonchev–Trinajstić information content (AvgIpc) is 2.47. The van der Waals surface area contributed by atoms with E-state index in [0.29, 0.717) is 6.61 Å². The molecule has 0 saturated heterocycles. The zero-order valence-corrected chi connectivity index (χ0v) is 11.4. The van der Waals surface area contributed by atoms with Crippen molar-refractivity contribution in [2.24, 2.45) is 0 Å². The molecular weight excluding hydrogens is 252 g/mol. The second-order valence-electron chi connectivity index (χ2n) is 4.23. The summed E-state index contributed by atoms with van der Waals surface area (Å²) in [6.45, 7) is 2.75. The number of rotatable bonds is 6. The van der Waals surface area contributed by atoms with Gasteiger partial charge in [-0.3, -0.25) is 4.79 Å². The molecule has 104 valence electrons. The van der Waals surface area contributed by atoms with Crippen molar-refractivity contribution < 1.29 is 9.53 Å². The highest BCUT2D eigenvalue weighted by molar-refractivity contribution is 5.93. The van der Waals surface area contributed by atoms with E-state index < -0.39 is 0 Å². The summed E-state index contributed by atoms with van der Waals surface area (Å²) < 4.78 is 5.39. The summed E-state index contributed by atoms with van der Waals surface area (Å²) in [4.78, 5) is 11.8. The van der Waals surface area contributed by atoms with Gasteiger partial charge in [0.05, 0.1) is 13.2 Å². The Bertz CT molecular complexity index is 555. The van der Waals surface area contributed by atoms with Gasteiger partial charge in [0.15, 0.2) is 0 Å². The van der Waals surface area contributed by atoms with Crippen molar-refractivity contribution in [3.63, 3.8) is 0 Å². The number of carbonyl (C=O) groups excluding carboxylic acids is 1. The van der Waals surface area contributed by atoms with Crippen LogP contribution in [0.25, 0.3) is 0 Å². The quantitative estimate of drug-likeness (QED) is 0.848. The van der Waals surface area contributed by atoms with Crippen LogP contribution in [-0.4, -0.2) is 19.1 Å². The van der Waals surface area contributed by atoms with Gasteiger partial charge in [0.25, 0.3) is 0 Å². The number of nitrogens with one attached hydrogen (secondary N) is 2. The third-order valence-corrected chi connectivity index (χ3v) is 2.66. The molecule has 0 saturated carbocycles. The first-order chi connectivity index (χ1) is 9.78. The molecule has 2 rings (SSSR count). The Morgan fingerprint density at radius 3 is 2.55 bits per heavy atom. The molecule has 4 nitrogen and oxygen atoms in total. The fourth-order valence-corrected chi connectivity index (χ4v) is 1.77. The number of anilines is 2. The molecule has 0 heterocycles. The summed E-state index contributed by atoms with van der Waals surface area (Å²) in [6.07, 6.45) is 0. The van der Waals surface area contributed by atoms with Crippen molar-refractivity contribution in [2.45, 2.75) is 6.92 Å². The molecule has 0 aliphatic heterocycles. The summed E-state index contributed by atoms with van der Waals surface area (Å²) >= 11 is 0. The Labute approximate surface area is 118 Å². The van der Waals surface area contributed by atoms with E-state index in [-0.39, 0.29) is 12.5 Å². The summed E-state index contributed by atoms with van der Waals surface area (Å²) in [5.74, 6) is 0.656. The molecule has 0 atom stereocenters. The predicted octanol–water partition coefficient (Wildman–Crippen LogP) is 3.14. The molecule has 2 aromatic rings. The van der Waals surface area contributed by atoms with Crippen LogP contribution >= 0.6 is 0 Å². The van der Waals surface area contributed by atoms with Gasteiger partial charge in [0.1, 0.15) is 5.75 Å². The fraction of sp³-hybridized carbons (Fsp3) is 0.188. The van der Waals surface area contributed by atoms with E-state index in [2.05, 4.69) is 10.6 Å². The maximum atomic E-state index is 11.8. The zero-order valence-electron chi connectivity index (χ0n) is 11.4. The lowest BCUT2D eigenvalue weighted by Crippen LogP contribution is -2.21. The van der Waals surface area contributed by atoms with E-state index in [9.17, 15) is 4.79 Å². The van der Waals surface area contributed by atoms with Gasteiger partial charge in [-0.25, -0.2) is 0 Å². The summed E-state index contributed by atoms with van der Waals surface area (Å²) in [7, 11) is 0. The van der Waals surface area contributed by atoms with E-state index in [4.69, 9.17) is 4.74 Å². The largest absolute Gasteiger partial charge is 0.494 e. The molecule has 0 aromatic heterocycles. The van der Waals surface area contributed by atoms with E-state index in [0.717, 1.165) is 17.1 Å². The average molecular weight is 270 g/mol. The molecule has 0 radical (unpaired) electrons. The standard InChI is InChI=1S/C16H18N2O2/c1-2-20-15-10-6-9-14(11-15)18-16(19)12-17-13-7-4-3-5-8-13/h3-11,17H,2,12H2,1H3,(H,18,19). The molecule has 0 bridgehead atoms. The molecule has 0 spiro atoms. The number of ether oxygens (including phenoxy) is 1. The van der Waals surface area contributed by atoms with Gasteiger partial charge in [0.2, 0.25) is 5.91 Å². The number of carbonyl (C=O) groups is 1. The third-order valence-electron chi connectivity index (χ3n) is 2.66. The maximum absolute atomic E-state index is 11.8. The van der Waals surface area contributed by atoms with E-state index in [1.165, 1.54) is 0 Å². The summed E-state index contributed by atoms with van der Waals surface area (Å²) in [5.41, 5.74) is 1.65. The van der Waals surface area contributed by atoms with Crippen LogP contribution in [0, 0.1) is 0 Å². The Balaban J connectivity index is 1.86. The molecule has 0 aliphatic rings. The van der Waals surface area contributed by atoms with Crippen LogP contribution in [0.2, 0.25) is 0 Å². The molecule has 1 amide bonds. The van der Waals surface area contributed by atoms with Crippen molar-refractivity contribution in [1.29, 1.82) is 0 Å². The van der Waals surface area contributed by atoms with Crippen LogP contribution in [-0.2, 0) is 4.79 Å². The molecule has 2 N–H and O–H groups in total. The van der Waals surface area contributed by atoms with Gasteiger partial charge < -0.3 is 15.4 Å². The predicted molar refractivity (Wildman–Crippen MR) is 81.2 cm³/mol. The molecule has 0 unspecified atom stereocenters. The first-order valence-electron chi connectivity index (χ1n) is 6.59. The number of hydrogen-bond donors (Lipinski definition) is 2. The molecule has 0 fully saturated rings. The Hall–Kier alpha value is -2.49. The Kier molecular flexibility index (Phi) is 5.00. The van der Waals surface area contributed by atoms with Crippen LogP contribution in [0.5, 0.6) is 5.75 Å². The van der Waals surface area contributed by atoms with Crippen LogP contribution in [0.4, 0.5) is 11.4 Å². The normalized spacial score (nSPS) is 9.85. The minimum Gasteiger partial charge on any atom is -0.494 e. The van der Waals surface area contributed by atoms with Crippen LogP contribution < -0.4 is 15.4 Å². The maximum Gasteiger partial charge on any atom is 0.243 e. The van der Waals surface area contributed by atoms with Crippen LogP contribution in [0.1, 0.15) is 6.92 Å². The minimum absolute atomic E-state index is 0.0949. The van der Waals surface area contributed by atoms with Gasteiger partial charge >= 0.3 is 0 Å². The lowest BCUT2D eigenvalue weighted by atomic mass is 10.3. The molecule has 0 aliphatic carbocycles. The van der Waals surface area contributed by atoms with Crippen LogP contribution in [0.15, 0.2) is 54.6 Å². The number of amides is 1.